The van der Waals surface area contributed by atoms with E-state index in [9.17, 15) is 9.59 Å². The Labute approximate surface area is 111 Å². The fourth-order valence-electron chi connectivity index (χ4n) is 1.91. The standard InChI is InChI=1S/C11H21N3O3S/c1-18-3-2-9(14-11(12)17)10(16)13-6-7-4-8(15)5-7/h7-9,15H,2-6H2,1H3,(H,13,16)(H3,12,14,17). The largest absolute Gasteiger partial charge is 0.393 e. The molecule has 0 aliphatic heterocycles. The predicted molar refractivity (Wildman–Crippen MR) is 71.2 cm³/mol. The smallest absolute Gasteiger partial charge is 0.312 e. The number of rotatable bonds is 7. The van der Waals surface area contributed by atoms with E-state index in [0.29, 0.717) is 18.9 Å². The van der Waals surface area contributed by atoms with Crippen LogP contribution in [0.3, 0.4) is 0 Å². The van der Waals surface area contributed by atoms with Gasteiger partial charge in [-0.25, -0.2) is 4.79 Å². The molecule has 1 unspecified atom stereocenters. The van der Waals surface area contributed by atoms with Crippen LogP contribution < -0.4 is 16.4 Å². The third-order valence-corrected chi connectivity index (χ3v) is 3.66. The van der Waals surface area contributed by atoms with Gasteiger partial charge >= 0.3 is 6.03 Å². The highest BCUT2D eigenvalue weighted by Gasteiger charge is 2.28. The third-order valence-electron chi connectivity index (χ3n) is 3.02. The van der Waals surface area contributed by atoms with Gasteiger partial charge in [-0.2, -0.15) is 11.8 Å². The average molecular weight is 275 g/mol. The molecule has 6 nitrogen and oxygen atoms in total. The maximum absolute atomic E-state index is 11.9. The topological polar surface area (TPSA) is 104 Å². The summed E-state index contributed by atoms with van der Waals surface area (Å²) >= 11 is 1.61. The fourth-order valence-corrected chi connectivity index (χ4v) is 2.38. The highest BCUT2D eigenvalue weighted by molar-refractivity contribution is 7.98. The molecule has 3 amide bonds. The molecule has 1 aliphatic carbocycles. The second kappa shape index (κ2) is 7.48. The maximum atomic E-state index is 11.9. The van der Waals surface area contributed by atoms with Crippen LogP contribution in [0.15, 0.2) is 0 Å². The van der Waals surface area contributed by atoms with E-state index in [4.69, 9.17) is 10.8 Å². The zero-order valence-electron chi connectivity index (χ0n) is 10.5. The van der Waals surface area contributed by atoms with Gasteiger partial charge in [0.2, 0.25) is 5.91 Å². The Bertz CT molecular complexity index is 295. The number of nitrogens with one attached hydrogen (secondary N) is 2. The van der Waals surface area contributed by atoms with Crippen molar-refractivity contribution in [2.75, 3.05) is 18.6 Å². The number of thioether (sulfide) groups is 1. The number of nitrogens with two attached hydrogens (primary N) is 1. The molecule has 0 aromatic rings. The van der Waals surface area contributed by atoms with Crippen molar-refractivity contribution in [3.63, 3.8) is 0 Å². The first kappa shape index (κ1) is 15.1. The number of carbonyl (C=O) groups excluding carboxylic acids is 2. The number of hydrogen-bond acceptors (Lipinski definition) is 4. The van der Waals surface area contributed by atoms with Crippen LogP contribution in [0.4, 0.5) is 4.79 Å². The van der Waals surface area contributed by atoms with Gasteiger partial charge in [-0.05, 0) is 37.2 Å². The van der Waals surface area contributed by atoms with Crippen molar-refractivity contribution < 1.29 is 14.7 Å². The van der Waals surface area contributed by atoms with Crippen LogP contribution in [0.5, 0.6) is 0 Å². The van der Waals surface area contributed by atoms with E-state index in [1.54, 1.807) is 11.8 Å². The molecule has 1 aliphatic rings. The van der Waals surface area contributed by atoms with Crippen molar-refractivity contribution in [2.45, 2.75) is 31.4 Å². The lowest BCUT2D eigenvalue weighted by molar-refractivity contribution is -0.123. The summed E-state index contributed by atoms with van der Waals surface area (Å²) in [5.74, 6) is 0.920. The van der Waals surface area contributed by atoms with Gasteiger partial charge in [-0.15, -0.1) is 0 Å². The zero-order chi connectivity index (χ0) is 13.5. The van der Waals surface area contributed by atoms with Crippen molar-refractivity contribution >= 4 is 23.7 Å². The SMILES string of the molecule is CSCCC(NC(N)=O)C(=O)NCC1CC(O)C1. The van der Waals surface area contributed by atoms with Gasteiger partial charge < -0.3 is 21.5 Å². The Balaban J connectivity index is 2.30. The average Bonchev–Trinajstić information content (AvgIpc) is 2.27. The Hall–Kier alpha value is -0.950. The summed E-state index contributed by atoms with van der Waals surface area (Å²) in [4.78, 5) is 22.7. The van der Waals surface area contributed by atoms with Crippen LogP contribution >= 0.6 is 11.8 Å². The molecule has 1 saturated carbocycles. The fraction of sp³-hybridized carbons (Fsp3) is 0.818. The minimum absolute atomic E-state index is 0.204. The molecule has 7 heteroatoms. The van der Waals surface area contributed by atoms with Gasteiger partial charge in [0.25, 0.3) is 0 Å². The minimum atomic E-state index is -0.685. The van der Waals surface area contributed by atoms with Crippen LogP contribution in [-0.2, 0) is 4.79 Å². The van der Waals surface area contributed by atoms with Crippen LogP contribution in [0, 0.1) is 5.92 Å². The Morgan fingerprint density at radius 2 is 2.17 bits per heavy atom. The number of amides is 3. The maximum Gasteiger partial charge on any atom is 0.312 e. The van der Waals surface area contributed by atoms with Crippen molar-refractivity contribution in [3.05, 3.63) is 0 Å². The monoisotopic (exact) mass is 275 g/mol. The van der Waals surface area contributed by atoms with Crippen LogP contribution in [-0.4, -0.2) is 47.7 Å². The summed E-state index contributed by atoms with van der Waals surface area (Å²) in [7, 11) is 0. The molecule has 0 saturated heterocycles. The number of aliphatic hydroxyl groups excluding tert-OH is 1. The van der Waals surface area contributed by atoms with E-state index in [2.05, 4.69) is 10.6 Å². The van der Waals surface area contributed by atoms with Crippen molar-refractivity contribution in [3.8, 4) is 0 Å². The van der Waals surface area contributed by atoms with Gasteiger partial charge in [-0.1, -0.05) is 0 Å². The highest BCUT2D eigenvalue weighted by Crippen LogP contribution is 2.26. The number of aliphatic hydroxyl groups is 1. The molecular weight excluding hydrogens is 254 g/mol. The molecule has 0 aromatic heterocycles. The lowest BCUT2D eigenvalue weighted by Gasteiger charge is -2.31. The lowest BCUT2D eigenvalue weighted by Crippen LogP contribution is -2.50. The summed E-state index contributed by atoms with van der Waals surface area (Å²) in [6.07, 6.45) is 3.75. The molecule has 1 fully saturated rings. The van der Waals surface area contributed by atoms with Crippen LogP contribution in [0.25, 0.3) is 0 Å². The highest BCUT2D eigenvalue weighted by atomic mass is 32.2. The first-order valence-corrected chi connectivity index (χ1v) is 7.43. The Kier molecular flexibility index (Phi) is 6.28. The molecular formula is C11H21N3O3S. The van der Waals surface area contributed by atoms with E-state index in [-0.39, 0.29) is 12.0 Å². The van der Waals surface area contributed by atoms with E-state index >= 15 is 0 Å². The van der Waals surface area contributed by atoms with Crippen molar-refractivity contribution in [1.82, 2.24) is 10.6 Å². The van der Waals surface area contributed by atoms with Gasteiger partial charge in [0, 0.05) is 6.54 Å². The number of hydrogen-bond donors (Lipinski definition) is 4. The number of primary amides is 1. The lowest BCUT2D eigenvalue weighted by atomic mass is 9.82. The first-order valence-electron chi connectivity index (χ1n) is 6.03. The molecule has 5 N–H and O–H groups in total. The predicted octanol–water partition coefficient (Wildman–Crippen LogP) is -0.336. The number of urea groups is 1. The normalized spacial score (nSPS) is 23.9. The number of carbonyl (C=O) groups is 2. The summed E-state index contributed by atoms with van der Waals surface area (Å²) in [6.45, 7) is 0.548. The van der Waals surface area contributed by atoms with Crippen LogP contribution in [0.2, 0.25) is 0 Å². The molecule has 0 aromatic carbocycles. The van der Waals surface area contributed by atoms with Crippen LogP contribution in [0.1, 0.15) is 19.3 Å². The molecule has 18 heavy (non-hydrogen) atoms. The minimum Gasteiger partial charge on any atom is -0.393 e. The summed E-state index contributed by atoms with van der Waals surface area (Å²) in [5.41, 5.74) is 5.04. The molecule has 1 atom stereocenters. The Morgan fingerprint density at radius 1 is 1.50 bits per heavy atom. The quantitative estimate of drug-likeness (QED) is 0.510. The van der Waals surface area contributed by atoms with E-state index < -0.39 is 12.1 Å². The second-order valence-corrected chi connectivity index (χ2v) is 5.56. The summed E-state index contributed by atoms with van der Waals surface area (Å²) in [6, 6.07) is -1.25. The van der Waals surface area contributed by atoms with E-state index in [0.717, 1.165) is 18.6 Å². The zero-order valence-corrected chi connectivity index (χ0v) is 11.3. The summed E-state index contributed by atoms with van der Waals surface area (Å²) in [5, 5.41) is 14.4. The van der Waals surface area contributed by atoms with E-state index in [1.807, 2.05) is 6.26 Å². The van der Waals surface area contributed by atoms with Gasteiger partial charge in [0.05, 0.1) is 6.10 Å². The van der Waals surface area contributed by atoms with Gasteiger partial charge in [0.1, 0.15) is 6.04 Å². The molecule has 1 rings (SSSR count). The third kappa shape index (κ3) is 5.14. The molecule has 0 heterocycles. The van der Waals surface area contributed by atoms with Crippen molar-refractivity contribution in [2.24, 2.45) is 11.7 Å². The molecule has 104 valence electrons. The van der Waals surface area contributed by atoms with Gasteiger partial charge in [0.15, 0.2) is 0 Å². The molecule has 0 bridgehead atoms. The Morgan fingerprint density at radius 3 is 2.67 bits per heavy atom. The molecule has 0 spiro atoms. The molecule has 0 radical (unpaired) electrons. The first-order chi connectivity index (χ1) is 8.52. The second-order valence-electron chi connectivity index (χ2n) is 4.58. The van der Waals surface area contributed by atoms with E-state index in [1.165, 1.54) is 0 Å². The van der Waals surface area contributed by atoms with Crippen molar-refractivity contribution in [1.29, 1.82) is 0 Å². The van der Waals surface area contributed by atoms with Gasteiger partial charge in [-0.3, -0.25) is 4.79 Å². The summed E-state index contributed by atoms with van der Waals surface area (Å²) < 4.78 is 0.